The number of carboxylic acid groups (broad SMARTS) is 1. The number of rotatable bonds is 1. The van der Waals surface area contributed by atoms with Crippen LogP contribution in [0.1, 0.15) is 16.1 Å². The molecule has 0 unspecified atom stereocenters. The maximum absolute atomic E-state index is 10.9. The van der Waals surface area contributed by atoms with Gasteiger partial charge in [0.05, 0.1) is 0 Å². The molecule has 0 aliphatic rings. The first-order chi connectivity index (χ1) is 8.16. The van der Waals surface area contributed by atoms with E-state index in [-0.39, 0.29) is 5.76 Å². The Balaban J connectivity index is 2.50. The monoisotopic (exact) mass is 226 g/mol. The largest absolute Gasteiger partial charge is 0.475 e. The van der Waals surface area contributed by atoms with Gasteiger partial charge in [0.25, 0.3) is 0 Å². The van der Waals surface area contributed by atoms with E-state index < -0.39 is 5.97 Å². The van der Waals surface area contributed by atoms with Crippen molar-refractivity contribution in [2.45, 2.75) is 6.92 Å². The Kier molecular flexibility index (Phi) is 1.95. The number of aromatic carboxylic acids is 1. The highest BCUT2D eigenvalue weighted by Crippen LogP contribution is 2.30. The fraction of sp³-hybridized carbons (Fsp3) is 0.0714. The molecule has 3 aromatic rings. The van der Waals surface area contributed by atoms with Crippen LogP contribution in [0.3, 0.4) is 0 Å². The zero-order chi connectivity index (χ0) is 12.0. The second-order valence-corrected chi connectivity index (χ2v) is 4.07. The molecule has 3 rings (SSSR count). The van der Waals surface area contributed by atoms with Crippen molar-refractivity contribution in [1.82, 2.24) is 0 Å². The summed E-state index contributed by atoms with van der Waals surface area (Å²) < 4.78 is 5.40. The number of aryl methyl sites for hydroxylation is 1. The molecule has 0 amide bonds. The maximum Gasteiger partial charge on any atom is 0.371 e. The molecule has 1 N–H and O–H groups in total. The first-order valence-corrected chi connectivity index (χ1v) is 5.32. The Morgan fingerprint density at radius 1 is 1.18 bits per heavy atom. The molecule has 0 saturated carbocycles. The van der Waals surface area contributed by atoms with Crippen LogP contribution >= 0.6 is 0 Å². The highest BCUT2D eigenvalue weighted by Gasteiger charge is 2.13. The van der Waals surface area contributed by atoms with Gasteiger partial charge in [0.15, 0.2) is 0 Å². The van der Waals surface area contributed by atoms with Gasteiger partial charge in [-0.2, -0.15) is 0 Å². The van der Waals surface area contributed by atoms with E-state index in [9.17, 15) is 4.79 Å². The van der Waals surface area contributed by atoms with Crippen molar-refractivity contribution in [3.63, 3.8) is 0 Å². The van der Waals surface area contributed by atoms with Crippen LogP contribution in [-0.2, 0) is 0 Å². The molecule has 3 heteroatoms. The van der Waals surface area contributed by atoms with E-state index in [1.54, 1.807) is 6.07 Å². The summed E-state index contributed by atoms with van der Waals surface area (Å²) in [5.74, 6) is -1.06. The maximum atomic E-state index is 10.9. The van der Waals surface area contributed by atoms with Gasteiger partial charge in [-0.1, -0.05) is 24.3 Å². The molecule has 17 heavy (non-hydrogen) atoms. The second-order valence-electron chi connectivity index (χ2n) is 4.07. The first kappa shape index (κ1) is 9.90. The lowest BCUT2D eigenvalue weighted by Gasteiger charge is -2.01. The van der Waals surface area contributed by atoms with Crippen molar-refractivity contribution in [3.05, 3.63) is 47.7 Å². The predicted octanol–water partition coefficient (Wildman–Crippen LogP) is 3.59. The number of carbonyl (C=O) groups is 1. The van der Waals surface area contributed by atoms with Gasteiger partial charge in [-0.15, -0.1) is 0 Å². The summed E-state index contributed by atoms with van der Waals surface area (Å²) in [5, 5.41) is 11.8. The van der Waals surface area contributed by atoms with Crippen molar-refractivity contribution >= 4 is 27.7 Å². The van der Waals surface area contributed by atoms with Crippen LogP contribution in [0.5, 0.6) is 0 Å². The Bertz CT molecular complexity index is 738. The van der Waals surface area contributed by atoms with Crippen molar-refractivity contribution in [3.8, 4) is 0 Å². The number of fused-ring (bicyclic) bond motifs is 3. The predicted molar refractivity (Wildman–Crippen MR) is 65.4 cm³/mol. The first-order valence-electron chi connectivity index (χ1n) is 5.32. The molecule has 1 heterocycles. The second kappa shape index (κ2) is 3.35. The number of hydrogen-bond donors (Lipinski definition) is 1. The number of furan rings is 1. The van der Waals surface area contributed by atoms with E-state index in [0.29, 0.717) is 5.58 Å². The van der Waals surface area contributed by atoms with Gasteiger partial charge in [-0.05, 0) is 30.0 Å². The van der Waals surface area contributed by atoms with Crippen LogP contribution in [-0.4, -0.2) is 11.1 Å². The third-order valence-corrected chi connectivity index (χ3v) is 2.94. The van der Waals surface area contributed by atoms with Crippen LogP contribution in [0.25, 0.3) is 21.7 Å². The molecule has 84 valence electrons. The van der Waals surface area contributed by atoms with E-state index in [4.69, 9.17) is 9.52 Å². The zero-order valence-corrected chi connectivity index (χ0v) is 9.23. The van der Waals surface area contributed by atoms with E-state index in [1.165, 1.54) is 0 Å². The van der Waals surface area contributed by atoms with Crippen molar-refractivity contribution in [2.75, 3.05) is 0 Å². The van der Waals surface area contributed by atoms with Gasteiger partial charge in [0.1, 0.15) is 5.58 Å². The molecule has 0 fully saturated rings. The standard InChI is InChI=1S/C14H10O3/c1-8-6-9-7-12(14(15)16)17-13(9)11-5-3-2-4-10(8)11/h2-7H,1H3,(H,15,16). The molecule has 0 aliphatic heterocycles. The van der Waals surface area contributed by atoms with Gasteiger partial charge < -0.3 is 9.52 Å². The minimum Gasteiger partial charge on any atom is -0.475 e. The number of carboxylic acids is 1. The van der Waals surface area contributed by atoms with Crippen LogP contribution < -0.4 is 0 Å². The molecule has 0 spiro atoms. The van der Waals surface area contributed by atoms with Crippen molar-refractivity contribution in [1.29, 1.82) is 0 Å². The molecule has 0 saturated heterocycles. The van der Waals surface area contributed by atoms with Gasteiger partial charge in [0.2, 0.25) is 5.76 Å². The van der Waals surface area contributed by atoms with Gasteiger partial charge in [-0.25, -0.2) is 4.79 Å². The smallest absolute Gasteiger partial charge is 0.371 e. The lowest BCUT2D eigenvalue weighted by Crippen LogP contribution is -1.91. The summed E-state index contributed by atoms with van der Waals surface area (Å²) in [6, 6.07) is 11.4. The Morgan fingerprint density at radius 2 is 1.88 bits per heavy atom. The van der Waals surface area contributed by atoms with Gasteiger partial charge >= 0.3 is 5.97 Å². The highest BCUT2D eigenvalue weighted by molar-refractivity contribution is 6.07. The molecule has 0 aliphatic carbocycles. The quantitative estimate of drug-likeness (QED) is 0.689. The topological polar surface area (TPSA) is 50.4 Å². The molecule has 1 aromatic heterocycles. The van der Waals surface area contributed by atoms with Crippen LogP contribution in [0, 0.1) is 6.92 Å². The summed E-state index contributed by atoms with van der Waals surface area (Å²) in [4.78, 5) is 10.9. The average molecular weight is 226 g/mol. The average Bonchev–Trinajstić information content (AvgIpc) is 2.73. The summed E-state index contributed by atoms with van der Waals surface area (Å²) in [5.41, 5.74) is 1.76. The molecule has 0 radical (unpaired) electrons. The fourth-order valence-electron chi connectivity index (χ4n) is 2.16. The summed E-state index contributed by atoms with van der Waals surface area (Å²) in [6.07, 6.45) is 0. The third-order valence-electron chi connectivity index (χ3n) is 2.94. The number of benzene rings is 2. The van der Waals surface area contributed by atoms with Crippen LogP contribution in [0.15, 0.2) is 40.8 Å². The molecule has 0 atom stereocenters. The Labute approximate surface area is 97.3 Å². The third kappa shape index (κ3) is 1.40. The SMILES string of the molecule is Cc1cc2cc(C(=O)O)oc2c2ccccc12. The van der Waals surface area contributed by atoms with Gasteiger partial charge in [-0.3, -0.25) is 0 Å². The Morgan fingerprint density at radius 3 is 2.59 bits per heavy atom. The minimum absolute atomic E-state index is 0.0178. The number of hydrogen-bond acceptors (Lipinski definition) is 2. The van der Waals surface area contributed by atoms with E-state index >= 15 is 0 Å². The molecule has 2 aromatic carbocycles. The molecular formula is C14H10O3. The molecule has 0 bridgehead atoms. The lowest BCUT2D eigenvalue weighted by molar-refractivity contribution is 0.0665. The summed E-state index contributed by atoms with van der Waals surface area (Å²) in [7, 11) is 0. The summed E-state index contributed by atoms with van der Waals surface area (Å²) in [6.45, 7) is 2.01. The van der Waals surface area contributed by atoms with Crippen molar-refractivity contribution in [2.24, 2.45) is 0 Å². The lowest BCUT2D eigenvalue weighted by atomic mass is 10.0. The van der Waals surface area contributed by atoms with Gasteiger partial charge in [0, 0.05) is 10.8 Å². The molecule has 3 nitrogen and oxygen atoms in total. The van der Waals surface area contributed by atoms with Crippen LogP contribution in [0.2, 0.25) is 0 Å². The van der Waals surface area contributed by atoms with E-state index in [2.05, 4.69) is 0 Å². The zero-order valence-electron chi connectivity index (χ0n) is 9.23. The fourth-order valence-corrected chi connectivity index (χ4v) is 2.16. The van der Waals surface area contributed by atoms with E-state index in [1.807, 2.05) is 37.3 Å². The Hall–Kier alpha value is -2.29. The molecular weight excluding hydrogens is 216 g/mol. The van der Waals surface area contributed by atoms with Crippen LogP contribution in [0.4, 0.5) is 0 Å². The van der Waals surface area contributed by atoms with Crippen molar-refractivity contribution < 1.29 is 14.3 Å². The highest BCUT2D eigenvalue weighted by atomic mass is 16.4. The normalized spacial score (nSPS) is 11.1. The van der Waals surface area contributed by atoms with E-state index in [0.717, 1.165) is 21.7 Å². The summed E-state index contributed by atoms with van der Waals surface area (Å²) >= 11 is 0. The minimum atomic E-state index is -1.04.